The van der Waals surface area contributed by atoms with Gasteiger partial charge in [-0.15, -0.1) is 0 Å². The predicted octanol–water partition coefficient (Wildman–Crippen LogP) is 4.80. The number of rotatable bonds is 3. The van der Waals surface area contributed by atoms with Crippen molar-refractivity contribution in [2.24, 2.45) is 7.05 Å². The second-order valence-corrected chi connectivity index (χ2v) is 6.29. The summed E-state index contributed by atoms with van der Waals surface area (Å²) in [7, 11) is 1.89. The van der Waals surface area contributed by atoms with E-state index in [0.717, 1.165) is 32.7 Å². The summed E-state index contributed by atoms with van der Waals surface area (Å²) in [6.07, 6.45) is 1.76. The first-order valence-electron chi connectivity index (χ1n) is 7.46. The van der Waals surface area contributed by atoms with Crippen LogP contribution in [0.15, 0.2) is 59.2 Å². The maximum atomic E-state index is 12.1. The molecule has 0 fully saturated rings. The molecule has 0 bridgehead atoms. The minimum absolute atomic E-state index is 0.278. The lowest BCUT2D eigenvalue weighted by molar-refractivity contribution is 0.262. The highest BCUT2D eigenvalue weighted by Gasteiger charge is 2.13. The number of para-hydroxylation sites is 1. The van der Waals surface area contributed by atoms with Crippen molar-refractivity contribution in [3.05, 3.63) is 64.8 Å². The van der Waals surface area contributed by atoms with Crippen LogP contribution in [0.25, 0.3) is 11.3 Å². The molecule has 0 saturated carbocycles. The number of halogens is 1. The fraction of sp³-hybridized carbons (Fsp3) is 0.111. The molecule has 2 amide bonds. The summed E-state index contributed by atoms with van der Waals surface area (Å²) in [4.78, 5) is 12.1. The second-order valence-electron chi connectivity index (χ2n) is 5.44. The maximum Gasteiger partial charge on any atom is 0.323 e. The summed E-state index contributed by atoms with van der Waals surface area (Å²) in [5, 5.41) is 9.92. The van der Waals surface area contributed by atoms with Gasteiger partial charge in [0.05, 0.1) is 16.4 Å². The number of nitrogens with zero attached hydrogens (tertiary/aromatic N) is 2. The van der Waals surface area contributed by atoms with E-state index < -0.39 is 0 Å². The van der Waals surface area contributed by atoms with Gasteiger partial charge >= 0.3 is 6.03 Å². The van der Waals surface area contributed by atoms with Crippen LogP contribution >= 0.6 is 15.9 Å². The van der Waals surface area contributed by atoms with Gasteiger partial charge in [-0.1, -0.05) is 24.3 Å². The molecule has 3 aromatic rings. The third-order valence-electron chi connectivity index (χ3n) is 3.68. The monoisotopic (exact) mass is 384 g/mol. The number of hydrogen-bond donors (Lipinski definition) is 2. The molecule has 3 rings (SSSR count). The highest BCUT2D eigenvalue weighted by molar-refractivity contribution is 9.10. The molecule has 122 valence electrons. The topological polar surface area (TPSA) is 59.0 Å². The van der Waals surface area contributed by atoms with Crippen LogP contribution in [0.4, 0.5) is 16.2 Å². The standard InChI is InChI=1S/C18H17BrN4O/c1-12-8-9-14(10-15(12)17-16(19)11-20-23(17)2)22-18(24)21-13-6-4-3-5-7-13/h3-11H,1-2H3,(H2,21,22,24). The van der Waals surface area contributed by atoms with Gasteiger partial charge in [0.2, 0.25) is 0 Å². The Labute approximate surface area is 148 Å². The van der Waals surface area contributed by atoms with Crippen molar-refractivity contribution >= 4 is 33.3 Å². The van der Waals surface area contributed by atoms with Crippen LogP contribution in [-0.2, 0) is 7.05 Å². The molecule has 1 aromatic heterocycles. The van der Waals surface area contributed by atoms with Crippen LogP contribution < -0.4 is 10.6 Å². The fourth-order valence-electron chi connectivity index (χ4n) is 2.48. The van der Waals surface area contributed by atoms with E-state index in [4.69, 9.17) is 0 Å². The van der Waals surface area contributed by atoms with Crippen molar-refractivity contribution < 1.29 is 4.79 Å². The fourth-order valence-corrected chi connectivity index (χ4v) is 3.05. The molecular weight excluding hydrogens is 368 g/mol. The molecule has 2 N–H and O–H groups in total. The van der Waals surface area contributed by atoms with Crippen LogP contribution in [0.1, 0.15) is 5.56 Å². The lowest BCUT2D eigenvalue weighted by Crippen LogP contribution is -2.19. The van der Waals surface area contributed by atoms with Gasteiger partial charge in [0.15, 0.2) is 0 Å². The quantitative estimate of drug-likeness (QED) is 0.680. The van der Waals surface area contributed by atoms with Crippen molar-refractivity contribution in [2.45, 2.75) is 6.92 Å². The van der Waals surface area contributed by atoms with E-state index in [2.05, 4.69) is 31.7 Å². The van der Waals surface area contributed by atoms with E-state index in [9.17, 15) is 4.79 Å². The summed E-state index contributed by atoms with van der Waals surface area (Å²) in [6, 6.07) is 14.9. The van der Waals surface area contributed by atoms with E-state index in [1.165, 1.54) is 0 Å². The first kappa shape index (κ1) is 16.3. The molecule has 0 aliphatic heterocycles. The zero-order valence-electron chi connectivity index (χ0n) is 13.4. The van der Waals surface area contributed by atoms with Gasteiger partial charge in [0, 0.05) is 24.0 Å². The first-order valence-corrected chi connectivity index (χ1v) is 8.25. The Kier molecular flexibility index (Phi) is 4.66. The largest absolute Gasteiger partial charge is 0.323 e. The molecule has 0 unspecified atom stereocenters. The van der Waals surface area contributed by atoms with Crippen molar-refractivity contribution in [3.63, 3.8) is 0 Å². The third-order valence-corrected chi connectivity index (χ3v) is 4.26. The van der Waals surface area contributed by atoms with Crippen molar-refractivity contribution in [1.82, 2.24) is 9.78 Å². The molecule has 5 nitrogen and oxygen atoms in total. The summed E-state index contributed by atoms with van der Waals surface area (Å²) in [5.41, 5.74) is 4.56. The molecule has 0 aliphatic carbocycles. The van der Waals surface area contributed by atoms with Crippen LogP contribution in [0.3, 0.4) is 0 Å². The van der Waals surface area contributed by atoms with Crippen LogP contribution in [0, 0.1) is 6.92 Å². The predicted molar refractivity (Wildman–Crippen MR) is 100 cm³/mol. The van der Waals surface area contributed by atoms with Gasteiger partial charge in [-0.2, -0.15) is 5.10 Å². The number of nitrogens with one attached hydrogen (secondary N) is 2. The normalized spacial score (nSPS) is 10.5. The van der Waals surface area contributed by atoms with E-state index >= 15 is 0 Å². The highest BCUT2D eigenvalue weighted by Crippen LogP contribution is 2.31. The van der Waals surface area contributed by atoms with Gasteiger partial charge in [0.1, 0.15) is 0 Å². The molecular formula is C18H17BrN4O. The number of aryl methyl sites for hydroxylation is 2. The molecule has 0 spiro atoms. The number of benzene rings is 2. The Morgan fingerprint density at radius 2 is 1.79 bits per heavy atom. The lowest BCUT2D eigenvalue weighted by atomic mass is 10.0. The molecule has 2 aromatic carbocycles. The molecule has 0 saturated heterocycles. The van der Waals surface area contributed by atoms with Gasteiger partial charge in [0.25, 0.3) is 0 Å². The number of aromatic nitrogens is 2. The molecule has 24 heavy (non-hydrogen) atoms. The van der Waals surface area contributed by atoms with Gasteiger partial charge in [-0.05, 0) is 52.7 Å². The number of urea groups is 1. The van der Waals surface area contributed by atoms with E-state index in [-0.39, 0.29) is 6.03 Å². The number of hydrogen-bond acceptors (Lipinski definition) is 2. The van der Waals surface area contributed by atoms with Crippen LogP contribution in [0.5, 0.6) is 0 Å². The Bertz CT molecular complexity index is 854. The second kappa shape index (κ2) is 6.88. The molecule has 0 radical (unpaired) electrons. The van der Waals surface area contributed by atoms with Crippen LogP contribution in [0.2, 0.25) is 0 Å². The van der Waals surface area contributed by atoms with Crippen LogP contribution in [-0.4, -0.2) is 15.8 Å². The van der Waals surface area contributed by atoms with Crippen molar-refractivity contribution in [3.8, 4) is 11.3 Å². The average Bonchev–Trinajstić information content (AvgIpc) is 2.89. The average molecular weight is 385 g/mol. The summed E-state index contributed by atoms with van der Waals surface area (Å²) >= 11 is 3.52. The third kappa shape index (κ3) is 3.49. The van der Waals surface area contributed by atoms with E-state index in [1.807, 2.05) is 62.5 Å². The summed E-state index contributed by atoms with van der Waals surface area (Å²) in [6.45, 7) is 2.03. The maximum absolute atomic E-state index is 12.1. The zero-order chi connectivity index (χ0) is 17.1. The van der Waals surface area contributed by atoms with Gasteiger partial charge in [-0.3, -0.25) is 4.68 Å². The Morgan fingerprint density at radius 1 is 1.08 bits per heavy atom. The number of amides is 2. The Hall–Kier alpha value is -2.60. The minimum Gasteiger partial charge on any atom is -0.308 e. The Morgan fingerprint density at radius 3 is 2.46 bits per heavy atom. The van der Waals surface area contributed by atoms with Crippen molar-refractivity contribution in [2.75, 3.05) is 10.6 Å². The molecule has 0 aliphatic rings. The van der Waals surface area contributed by atoms with E-state index in [1.54, 1.807) is 10.9 Å². The highest BCUT2D eigenvalue weighted by atomic mass is 79.9. The Balaban J connectivity index is 1.83. The summed E-state index contributed by atoms with van der Waals surface area (Å²) < 4.78 is 2.72. The number of anilines is 2. The van der Waals surface area contributed by atoms with Gasteiger partial charge < -0.3 is 10.6 Å². The lowest BCUT2D eigenvalue weighted by Gasteiger charge is -2.12. The van der Waals surface area contributed by atoms with E-state index in [0.29, 0.717) is 0 Å². The molecule has 6 heteroatoms. The minimum atomic E-state index is -0.278. The van der Waals surface area contributed by atoms with Crippen molar-refractivity contribution in [1.29, 1.82) is 0 Å². The number of carbonyl (C=O) groups excluding carboxylic acids is 1. The SMILES string of the molecule is Cc1ccc(NC(=O)Nc2ccccc2)cc1-c1c(Br)cnn1C. The van der Waals surface area contributed by atoms with Gasteiger partial charge in [-0.25, -0.2) is 4.79 Å². The first-order chi connectivity index (χ1) is 11.5. The summed E-state index contributed by atoms with van der Waals surface area (Å²) in [5.74, 6) is 0. The number of carbonyl (C=O) groups is 1. The molecule has 0 atom stereocenters. The smallest absolute Gasteiger partial charge is 0.308 e. The zero-order valence-corrected chi connectivity index (χ0v) is 15.0. The molecule has 1 heterocycles.